The third-order valence-electron chi connectivity index (χ3n) is 1.62. The molecule has 0 aromatic heterocycles. The summed E-state index contributed by atoms with van der Waals surface area (Å²) < 4.78 is 0. The lowest BCUT2D eigenvalue weighted by atomic mass is 9.98. The molecule has 0 aromatic carbocycles. The zero-order valence-electron chi connectivity index (χ0n) is 7.93. The molecule has 4 nitrogen and oxygen atoms in total. The van der Waals surface area contributed by atoms with Crippen molar-refractivity contribution in [3.8, 4) is 0 Å². The number of nitrogens with two attached hydrogens (primary N) is 1. The van der Waals surface area contributed by atoms with Crippen LogP contribution in [0, 0.1) is 5.92 Å². The van der Waals surface area contributed by atoms with Crippen molar-refractivity contribution in [1.29, 1.82) is 0 Å². The topological polar surface area (TPSA) is 83.5 Å². The van der Waals surface area contributed by atoms with E-state index in [0.29, 0.717) is 12.3 Å². The van der Waals surface area contributed by atoms with Gasteiger partial charge in [0.2, 0.25) is 0 Å². The van der Waals surface area contributed by atoms with Gasteiger partial charge in [0.15, 0.2) is 0 Å². The van der Waals surface area contributed by atoms with Gasteiger partial charge in [-0.15, -0.1) is 0 Å². The van der Waals surface area contributed by atoms with E-state index in [4.69, 9.17) is 10.8 Å². The minimum Gasteiger partial charge on any atom is -0.481 e. The zero-order chi connectivity index (χ0) is 9.72. The lowest BCUT2D eigenvalue weighted by Crippen LogP contribution is -2.37. The van der Waals surface area contributed by atoms with Gasteiger partial charge in [-0.3, -0.25) is 4.79 Å². The van der Waals surface area contributed by atoms with Crippen LogP contribution in [0.1, 0.15) is 26.7 Å². The molecule has 0 saturated heterocycles. The molecule has 5 heteroatoms. The number of hydrogen-bond acceptors (Lipinski definition) is 3. The van der Waals surface area contributed by atoms with Crippen molar-refractivity contribution in [2.45, 2.75) is 38.8 Å². The smallest absolute Gasteiger partial charge is 0.306 e. The third-order valence-corrected chi connectivity index (χ3v) is 1.62. The summed E-state index contributed by atoms with van der Waals surface area (Å²) in [6, 6.07) is -0.430. The minimum atomic E-state index is -1.01. The molecule has 0 aromatic rings. The molecule has 0 bridgehead atoms. The quantitative estimate of drug-likeness (QED) is 0.624. The Labute approximate surface area is 85.6 Å². The van der Waals surface area contributed by atoms with E-state index in [0.717, 1.165) is 0 Å². The van der Waals surface area contributed by atoms with Gasteiger partial charge in [-0.1, -0.05) is 13.8 Å². The maximum absolute atomic E-state index is 10.2. The maximum Gasteiger partial charge on any atom is 0.306 e. The first kappa shape index (κ1) is 15.2. The number of carboxylic acid groups (broad SMARTS) is 1. The highest BCUT2D eigenvalue weighted by molar-refractivity contribution is 7.59. The number of carboxylic acids is 1. The average Bonchev–Trinajstić information content (AvgIpc) is 1.84. The molecule has 78 valence electrons. The number of carbonyl (C=O) groups is 1. The molecule has 13 heavy (non-hydrogen) atoms. The molecule has 0 rings (SSSR count). The Morgan fingerprint density at radius 3 is 2.23 bits per heavy atom. The predicted octanol–water partition coefficient (Wildman–Crippen LogP) is 0.844. The first-order chi connectivity index (χ1) is 5.43. The van der Waals surface area contributed by atoms with Crippen molar-refractivity contribution < 1.29 is 15.0 Å². The van der Waals surface area contributed by atoms with Crippen molar-refractivity contribution in [3.63, 3.8) is 0 Å². The van der Waals surface area contributed by atoms with Crippen molar-refractivity contribution in [1.82, 2.24) is 0 Å². The fraction of sp³-hybridized carbons (Fsp3) is 0.875. The van der Waals surface area contributed by atoms with Crippen LogP contribution in [-0.2, 0) is 4.79 Å². The molecule has 0 spiro atoms. The van der Waals surface area contributed by atoms with Crippen LogP contribution in [0.3, 0.4) is 0 Å². The summed E-state index contributed by atoms with van der Waals surface area (Å²) in [5.41, 5.74) is 5.55. The van der Waals surface area contributed by atoms with Crippen LogP contribution >= 0.6 is 13.5 Å². The first-order valence-electron chi connectivity index (χ1n) is 4.09. The molecular weight excluding hydrogens is 190 g/mol. The van der Waals surface area contributed by atoms with Crippen molar-refractivity contribution in [2.75, 3.05) is 0 Å². The van der Waals surface area contributed by atoms with E-state index in [-0.39, 0.29) is 19.9 Å². The van der Waals surface area contributed by atoms with Gasteiger partial charge in [0.25, 0.3) is 0 Å². The summed E-state index contributed by atoms with van der Waals surface area (Å²) in [4.78, 5) is 10.2. The van der Waals surface area contributed by atoms with Gasteiger partial charge >= 0.3 is 5.97 Å². The molecule has 0 fully saturated rings. The van der Waals surface area contributed by atoms with Gasteiger partial charge in [0.05, 0.1) is 12.5 Å². The maximum atomic E-state index is 10.2. The number of aliphatic carboxylic acids is 1. The van der Waals surface area contributed by atoms with Gasteiger partial charge in [0.1, 0.15) is 0 Å². The normalized spacial score (nSPS) is 14.8. The largest absolute Gasteiger partial charge is 0.481 e. The average molecular weight is 207 g/mol. The Hall–Kier alpha value is -0.260. The molecule has 0 unspecified atom stereocenters. The summed E-state index contributed by atoms with van der Waals surface area (Å²) in [6.07, 6.45) is -0.549. The van der Waals surface area contributed by atoms with Crippen LogP contribution in [0.2, 0.25) is 0 Å². The summed E-state index contributed by atoms with van der Waals surface area (Å²) in [7, 11) is 0. The van der Waals surface area contributed by atoms with Crippen molar-refractivity contribution in [3.05, 3.63) is 0 Å². The fourth-order valence-electron chi connectivity index (χ4n) is 1.03. The summed E-state index contributed by atoms with van der Waals surface area (Å²) >= 11 is 0. The number of rotatable bonds is 5. The summed E-state index contributed by atoms with van der Waals surface area (Å²) in [6.45, 7) is 3.96. The second kappa shape index (κ2) is 7.17. The molecule has 2 radical (unpaired) electrons. The van der Waals surface area contributed by atoms with Gasteiger partial charge in [-0.2, -0.15) is 0 Å². The third kappa shape index (κ3) is 8.08. The Bertz CT molecular complexity index is 152. The van der Waals surface area contributed by atoms with Crippen molar-refractivity contribution in [2.24, 2.45) is 11.7 Å². The molecule has 0 aliphatic heterocycles. The van der Waals surface area contributed by atoms with Gasteiger partial charge in [-0.25, -0.2) is 0 Å². The fourth-order valence-corrected chi connectivity index (χ4v) is 1.03. The molecule has 0 saturated carbocycles. The van der Waals surface area contributed by atoms with Crippen LogP contribution < -0.4 is 5.73 Å². The van der Waals surface area contributed by atoms with Crippen LogP contribution in [0.15, 0.2) is 0 Å². The molecule has 0 heterocycles. The highest BCUT2D eigenvalue weighted by Gasteiger charge is 2.18. The highest BCUT2D eigenvalue weighted by atomic mass is 32.1. The zero-order valence-corrected chi connectivity index (χ0v) is 8.75. The van der Waals surface area contributed by atoms with E-state index >= 15 is 0 Å². The minimum absolute atomic E-state index is 0. The molecular formula is C8H17NO3S. The lowest BCUT2D eigenvalue weighted by Gasteiger charge is -2.18. The lowest BCUT2D eigenvalue weighted by molar-refractivity contribution is -0.139. The van der Waals surface area contributed by atoms with Gasteiger partial charge in [0, 0.05) is 19.5 Å². The van der Waals surface area contributed by atoms with E-state index in [1.54, 1.807) is 0 Å². The van der Waals surface area contributed by atoms with Crippen LogP contribution in [0.4, 0.5) is 0 Å². The number of aliphatic hydroxyl groups excluding tert-OH is 1. The highest BCUT2D eigenvalue weighted by Crippen LogP contribution is 2.08. The van der Waals surface area contributed by atoms with E-state index < -0.39 is 18.1 Å². The summed E-state index contributed by atoms with van der Waals surface area (Å²) in [5, 5.41) is 17.6. The number of hydrogen-bond donors (Lipinski definition) is 3. The van der Waals surface area contributed by atoms with E-state index in [9.17, 15) is 9.90 Å². The Kier molecular flexibility index (Phi) is 8.40. The molecule has 0 aliphatic rings. The standard InChI is InChI=1S/C8H17NO3.S/c1-5(2)3-6(9)7(10)4-8(11)12;/h5-7,10H,3-4,9H2,1-2H3,(H,11,12);/t6-,7-;/m0./s1. The van der Waals surface area contributed by atoms with E-state index in [1.165, 1.54) is 0 Å². The Morgan fingerprint density at radius 1 is 1.46 bits per heavy atom. The van der Waals surface area contributed by atoms with Gasteiger partial charge in [-0.05, 0) is 12.3 Å². The summed E-state index contributed by atoms with van der Waals surface area (Å²) in [5.74, 6) is -0.634. The van der Waals surface area contributed by atoms with Crippen molar-refractivity contribution >= 4 is 19.5 Å². The molecule has 4 N–H and O–H groups in total. The second-order valence-corrected chi connectivity index (χ2v) is 3.46. The number of aliphatic hydroxyl groups is 1. The van der Waals surface area contributed by atoms with Gasteiger partial charge < -0.3 is 15.9 Å². The van der Waals surface area contributed by atoms with E-state index in [2.05, 4.69) is 0 Å². The molecule has 0 aliphatic carbocycles. The SMILES string of the molecule is CC(C)C[C@H](N)[C@@H](O)CC(=O)O.[S]. The second-order valence-electron chi connectivity index (χ2n) is 3.46. The first-order valence-corrected chi connectivity index (χ1v) is 4.09. The monoisotopic (exact) mass is 207 g/mol. The molecule has 2 atom stereocenters. The Balaban J connectivity index is 0. The van der Waals surface area contributed by atoms with Crippen LogP contribution in [0.25, 0.3) is 0 Å². The molecule has 0 amide bonds. The Morgan fingerprint density at radius 2 is 1.92 bits per heavy atom. The van der Waals surface area contributed by atoms with Crippen LogP contribution in [-0.4, -0.2) is 28.3 Å². The van der Waals surface area contributed by atoms with E-state index in [1.807, 2.05) is 13.8 Å². The predicted molar refractivity (Wildman–Crippen MR) is 53.3 cm³/mol. The van der Waals surface area contributed by atoms with Crippen LogP contribution in [0.5, 0.6) is 0 Å².